The Balaban J connectivity index is 2.18. The summed E-state index contributed by atoms with van der Waals surface area (Å²) >= 11 is 0. The molecule has 0 saturated heterocycles. The van der Waals surface area contributed by atoms with Gasteiger partial charge in [-0.2, -0.15) is 0 Å². The van der Waals surface area contributed by atoms with Crippen molar-refractivity contribution in [1.29, 1.82) is 0 Å². The summed E-state index contributed by atoms with van der Waals surface area (Å²) in [6.45, 7) is 14.7. The molecule has 0 saturated carbocycles. The van der Waals surface area contributed by atoms with Gasteiger partial charge >= 0.3 is 0 Å². The Kier molecular flexibility index (Phi) is 6.76. The van der Waals surface area contributed by atoms with Gasteiger partial charge in [-0.25, -0.2) is 0 Å². The molecule has 0 spiro atoms. The lowest BCUT2D eigenvalue weighted by atomic mass is 9.72. The zero-order valence-electron chi connectivity index (χ0n) is 19.8. The van der Waals surface area contributed by atoms with Crippen LogP contribution >= 0.6 is 0 Å². The first-order valence-electron chi connectivity index (χ1n) is 11.1. The third kappa shape index (κ3) is 4.21. The minimum absolute atomic E-state index is 0.00955. The van der Waals surface area contributed by atoms with Crippen LogP contribution < -0.4 is 10.4 Å². The smallest absolute Gasteiger partial charge is 0.261 e. The monoisotopic (exact) mass is 422 g/mol. The van der Waals surface area contributed by atoms with Crippen molar-refractivity contribution in [2.75, 3.05) is 13.7 Å². The van der Waals surface area contributed by atoms with Gasteiger partial charge in [-0.05, 0) is 51.7 Å². The lowest BCUT2D eigenvalue weighted by Crippen LogP contribution is -2.68. The van der Waals surface area contributed by atoms with Crippen LogP contribution in [0.3, 0.4) is 0 Å². The van der Waals surface area contributed by atoms with Gasteiger partial charge in [0.2, 0.25) is 0 Å². The van der Waals surface area contributed by atoms with Crippen LogP contribution in [0, 0.1) is 5.41 Å². The predicted molar refractivity (Wildman–Crippen MR) is 130 cm³/mol. The Morgan fingerprint density at radius 1 is 0.933 bits per heavy atom. The fraction of sp³-hybridized carbons (Fsp3) is 0.481. The van der Waals surface area contributed by atoms with E-state index in [0.717, 1.165) is 12.8 Å². The van der Waals surface area contributed by atoms with Gasteiger partial charge in [-0.3, -0.25) is 0 Å². The molecule has 162 valence electrons. The zero-order valence-corrected chi connectivity index (χ0v) is 20.8. The van der Waals surface area contributed by atoms with Crippen LogP contribution in [0.1, 0.15) is 54.4 Å². The lowest BCUT2D eigenvalue weighted by molar-refractivity contribution is 0.146. The van der Waals surface area contributed by atoms with Crippen LogP contribution in [0.4, 0.5) is 0 Å². The van der Waals surface area contributed by atoms with Crippen LogP contribution in [0.2, 0.25) is 5.04 Å². The first-order valence-corrected chi connectivity index (χ1v) is 13.0. The normalized spacial score (nSPS) is 19.8. The largest absolute Gasteiger partial charge is 0.401 e. The topological polar surface area (TPSA) is 18.5 Å². The highest BCUT2D eigenvalue weighted by Crippen LogP contribution is 2.44. The van der Waals surface area contributed by atoms with E-state index >= 15 is 0 Å². The van der Waals surface area contributed by atoms with E-state index in [4.69, 9.17) is 9.16 Å². The minimum Gasteiger partial charge on any atom is -0.401 e. The van der Waals surface area contributed by atoms with Gasteiger partial charge in [0.25, 0.3) is 8.32 Å². The quantitative estimate of drug-likeness (QED) is 0.438. The highest BCUT2D eigenvalue weighted by atomic mass is 28.4. The highest BCUT2D eigenvalue weighted by Gasteiger charge is 2.52. The molecule has 0 heterocycles. The molecule has 0 radical (unpaired) electrons. The maximum absolute atomic E-state index is 7.42. The van der Waals surface area contributed by atoms with Gasteiger partial charge in [0.15, 0.2) is 0 Å². The third-order valence-corrected chi connectivity index (χ3v) is 11.9. The standard InChI is InChI=1S/C27H38O2Si/c1-21-24(20-28-7)27(5,6)19-18-25(21)29-30(26(2,3)4,22-14-10-8-11-15-22)23-16-12-9-13-17-23/h8-17,25H,18-20H2,1-7H3/t25-/m1/s1. The summed E-state index contributed by atoms with van der Waals surface area (Å²) in [5, 5.41) is 2.67. The summed E-state index contributed by atoms with van der Waals surface area (Å²) < 4.78 is 13.0. The fourth-order valence-corrected chi connectivity index (χ4v) is 9.83. The Morgan fingerprint density at radius 3 is 1.87 bits per heavy atom. The molecule has 3 heteroatoms. The third-order valence-electron chi connectivity index (χ3n) is 6.83. The van der Waals surface area contributed by atoms with Crippen LogP contribution in [-0.2, 0) is 9.16 Å². The zero-order chi connectivity index (χ0) is 22.0. The summed E-state index contributed by atoms with van der Waals surface area (Å²) in [7, 11) is -0.758. The molecule has 0 unspecified atom stereocenters. The molecule has 2 nitrogen and oxygen atoms in total. The van der Waals surface area contributed by atoms with Gasteiger partial charge in [0.05, 0.1) is 12.7 Å². The Hall–Kier alpha value is -1.68. The molecular formula is C27H38O2Si. The second kappa shape index (κ2) is 8.82. The first-order chi connectivity index (χ1) is 14.1. The van der Waals surface area contributed by atoms with Gasteiger partial charge in [0, 0.05) is 7.11 Å². The average molecular weight is 423 g/mol. The van der Waals surface area contributed by atoms with Crippen molar-refractivity contribution in [1.82, 2.24) is 0 Å². The van der Waals surface area contributed by atoms with E-state index < -0.39 is 8.32 Å². The van der Waals surface area contributed by atoms with Crippen molar-refractivity contribution in [2.45, 2.75) is 65.5 Å². The summed E-state index contributed by atoms with van der Waals surface area (Å²) in [5.41, 5.74) is 2.92. The molecule has 0 aliphatic heterocycles. The van der Waals surface area contributed by atoms with Gasteiger partial charge in [-0.1, -0.05) is 95.3 Å². The molecule has 0 aromatic heterocycles. The second-order valence-electron chi connectivity index (χ2n) is 10.3. The van der Waals surface area contributed by atoms with E-state index in [9.17, 15) is 0 Å². The van der Waals surface area contributed by atoms with Crippen molar-refractivity contribution in [3.8, 4) is 0 Å². The van der Waals surface area contributed by atoms with E-state index in [-0.39, 0.29) is 16.6 Å². The fourth-order valence-electron chi connectivity index (χ4n) is 5.09. The predicted octanol–water partition coefficient (Wildman–Crippen LogP) is 5.71. The van der Waals surface area contributed by atoms with Crippen LogP contribution in [0.5, 0.6) is 0 Å². The maximum Gasteiger partial charge on any atom is 0.261 e. The van der Waals surface area contributed by atoms with Crippen LogP contribution in [0.25, 0.3) is 0 Å². The van der Waals surface area contributed by atoms with Gasteiger partial charge in [-0.15, -0.1) is 0 Å². The molecule has 3 rings (SSSR count). The molecule has 2 aromatic rings. The summed E-state index contributed by atoms with van der Waals surface area (Å²) in [6.07, 6.45) is 2.29. The molecule has 0 fully saturated rings. The minimum atomic E-state index is -2.55. The molecular weight excluding hydrogens is 384 g/mol. The number of benzene rings is 2. The van der Waals surface area contributed by atoms with Crippen molar-refractivity contribution in [2.24, 2.45) is 5.41 Å². The molecule has 1 atom stereocenters. The molecule has 0 amide bonds. The van der Waals surface area contributed by atoms with Crippen molar-refractivity contribution in [3.63, 3.8) is 0 Å². The van der Waals surface area contributed by atoms with Crippen molar-refractivity contribution in [3.05, 3.63) is 71.8 Å². The van der Waals surface area contributed by atoms with Gasteiger partial charge < -0.3 is 9.16 Å². The van der Waals surface area contributed by atoms with Crippen molar-refractivity contribution < 1.29 is 9.16 Å². The summed E-state index contributed by atoms with van der Waals surface area (Å²) in [5.74, 6) is 0. The van der Waals surface area contributed by atoms with E-state index in [0.29, 0.717) is 6.61 Å². The van der Waals surface area contributed by atoms with Crippen LogP contribution in [-0.4, -0.2) is 28.1 Å². The number of hydrogen-bond donors (Lipinski definition) is 0. The van der Waals surface area contributed by atoms with Crippen LogP contribution in [0.15, 0.2) is 71.8 Å². The average Bonchev–Trinajstić information content (AvgIpc) is 2.71. The van der Waals surface area contributed by atoms with Crippen molar-refractivity contribution >= 4 is 18.7 Å². The van der Waals surface area contributed by atoms with E-state index in [1.54, 1.807) is 7.11 Å². The Bertz CT molecular complexity index is 823. The number of methoxy groups -OCH3 is 1. The Morgan fingerprint density at radius 2 is 1.43 bits per heavy atom. The summed E-state index contributed by atoms with van der Waals surface area (Å²) in [6, 6.07) is 21.9. The molecule has 1 aliphatic carbocycles. The molecule has 0 N–H and O–H groups in total. The number of ether oxygens (including phenoxy) is 1. The SMILES string of the molecule is COCC1=C(C)[C@H](O[Si](c2ccccc2)(c2ccccc2)C(C)(C)C)CCC1(C)C. The molecule has 2 aromatic carbocycles. The molecule has 1 aliphatic rings. The molecule has 0 bridgehead atoms. The maximum atomic E-state index is 7.42. The summed E-state index contributed by atoms with van der Waals surface area (Å²) in [4.78, 5) is 0. The van der Waals surface area contributed by atoms with E-state index in [1.165, 1.54) is 21.5 Å². The second-order valence-corrected chi connectivity index (χ2v) is 14.5. The van der Waals surface area contributed by atoms with E-state index in [2.05, 4.69) is 102 Å². The number of rotatable bonds is 6. The highest BCUT2D eigenvalue weighted by molar-refractivity contribution is 6.99. The Labute approximate surface area is 184 Å². The van der Waals surface area contributed by atoms with E-state index in [1.807, 2.05) is 0 Å². The first kappa shape index (κ1) is 23.0. The lowest BCUT2D eigenvalue weighted by Gasteiger charge is -2.48. The van der Waals surface area contributed by atoms with Gasteiger partial charge in [0.1, 0.15) is 0 Å². The number of hydrogen-bond acceptors (Lipinski definition) is 2. The molecule has 30 heavy (non-hydrogen) atoms.